The summed E-state index contributed by atoms with van der Waals surface area (Å²) in [6.45, 7) is 1.37. The molecule has 3 rings (SSSR count). The molecule has 0 aliphatic rings. The van der Waals surface area contributed by atoms with Gasteiger partial charge in [-0.15, -0.1) is 22.7 Å². The van der Waals surface area contributed by atoms with Gasteiger partial charge >= 0.3 is 0 Å². The monoisotopic (exact) mass is 419 g/mol. The largest absolute Gasteiger partial charge is 0.332 e. The maximum absolute atomic E-state index is 12.8. The molecule has 1 aromatic carbocycles. The summed E-state index contributed by atoms with van der Waals surface area (Å²) in [6.07, 6.45) is 1.30. The number of carbonyl (C=O) groups is 1. The van der Waals surface area contributed by atoms with Crippen LogP contribution in [0, 0.1) is 0 Å². The number of hydrogen-bond donors (Lipinski definition) is 0. The number of amides is 1. The Hall–Kier alpha value is -1.43. The molecule has 0 aliphatic carbocycles. The van der Waals surface area contributed by atoms with Gasteiger partial charge in [-0.1, -0.05) is 40.2 Å². The Kier molecular flexibility index (Phi) is 6.24. The van der Waals surface area contributed by atoms with Crippen molar-refractivity contribution in [3.8, 4) is 0 Å². The molecule has 0 aliphatic heterocycles. The minimum Gasteiger partial charge on any atom is -0.332 e. The van der Waals surface area contributed by atoms with Crippen LogP contribution in [0.2, 0.25) is 0 Å². The van der Waals surface area contributed by atoms with Crippen molar-refractivity contribution < 1.29 is 4.79 Å². The van der Waals surface area contributed by atoms with E-state index in [4.69, 9.17) is 0 Å². The van der Waals surface area contributed by atoms with Crippen LogP contribution in [0.4, 0.5) is 0 Å². The summed E-state index contributed by atoms with van der Waals surface area (Å²) in [5.74, 6) is 0.205. The summed E-state index contributed by atoms with van der Waals surface area (Å²) >= 11 is 6.89. The van der Waals surface area contributed by atoms with E-state index in [0.717, 1.165) is 10.9 Å². The summed E-state index contributed by atoms with van der Waals surface area (Å²) < 4.78 is 1.06. The normalized spacial score (nSPS) is 10.7. The highest BCUT2D eigenvalue weighted by molar-refractivity contribution is 9.10. The summed E-state index contributed by atoms with van der Waals surface area (Å²) in [6, 6.07) is 16.4. The Morgan fingerprint density at radius 1 is 0.958 bits per heavy atom. The van der Waals surface area contributed by atoms with E-state index in [-0.39, 0.29) is 5.91 Å². The van der Waals surface area contributed by atoms with E-state index in [0.29, 0.717) is 19.5 Å². The Labute approximate surface area is 158 Å². The molecular formula is C19H18BrNOS2. The van der Waals surface area contributed by atoms with Crippen LogP contribution in [-0.2, 0) is 24.3 Å². The van der Waals surface area contributed by atoms with Crippen LogP contribution >= 0.6 is 38.6 Å². The van der Waals surface area contributed by atoms with E-state index in [9.17, 15) is 4.79 Å². The highest BCUT2D eigenvalue weighted by Crippen LogP contribution is 2.19. The van der Waals surface area contributed by atoms with Gasteiger partial charge in [0.2, 0.25) is 5.91 Å². The molecule has 2 aromatic heterocycles. The van der Waals surface area contributed by atoms with Crippen molar-refractivity contribution in [1.82, 2.24) is 4.90 Å². The Morgan fingerprint density at radius 3 is 2.17 bits per heavy atom. The summed E-state index contributed by atoms with van der Waals surface area (Å²) in [4.78, 5) is 17.2. The standard InChI is InChI=1S/C19H18BrNOS2/c20-16-5-1-4-15(12-16)8-9-19(22)21(13-17-6-2-10-23-17)14-18-7-3-11-24-18/h1-7,10-12H,8-9,13-14H2. The Balaban J connectivity index is 1.65. The van der Waals surface area contributed by atoms with Crippen LogP contribution in [-0.4, -0.2) is 10.8 Å². The molecule has 2 heterocycles. The second kappa shape index (κ2) is 8.60. The van der Waals surface area contributed by atoms with Gasteiger partial charge in [0.05, 0.1) is 13.1 Å². The zero-order chi connectivity index (χ0) is 16.8. The summed E-state index contributed by atoms with van der Waals surface area (Å²) in [5.41, 5.74) is 1.19. The van der Waals surface area contributed by atoms with Crippen molar-refractivity contribution in [3.63, 3.8) is 0 Å². The molecule has 0 N–H and O–H groups in total. The van der Waals surface area contributed by atoms with Gasteiger partial charge in [-0.05, 0) is 47.0 Å². The highest BCUT2D eigenvalue weighted by Gasteiger charge is 2.15. The first kappa shape index (κ1) is 17.4. The van der Waals surface area contributed by atoms with E-state index in [1.54, 1.807) is 22.7 Å². The fourth-order valence-electron chi connectivity index (χ4n) is 2.52. The molecule has 0 spiro atoms. The van der Waals surface area contributed by atoms with Crippen LogP contribution in [0.5, 0.6) is 0 Å². The highest BCUT2D eigenvalue weighted by atomic mass is 79.9. The van der Waals surface area contributed by atoms with Crippen molar-refractivity contribution in [1.29, 1.82) is 0 Å². The molecule has 0 saturated carbocycles. The van der Waals surface area contributed by atoms with Crippen molar-refractivity contribution >= 4 is 44.5 Å². The van der Waals surface area contributed by atoms with E-state index in [1.807, 2.05) is 29.2 Å². The second-order valence-corrected chi connectivity index (χ2v) is 8.52. The molecule has 0 unspecified atom stereocenters. The van der Waals surface area contributed by atoms with Crippen molar-refractivity contribution in [3.05, 3.63) is 79.1 Å². The van der Waals surface area contributed by atoms with E-state index < -0.39 is 0 Å². The molecule has 0 atom stereocenters. The molecule has 5 heteroatoms. The van der Waals surface area contributed by atoms with Crippen molar-refractivity contribution in [2.24, 2.45) is 0 Å². The van der Waals surface area contributed by atoms with Gasteiger partial charge < -0.3 is 4.90 Å². The first-order valence-corrected chi connectivity index (χ1v) is 10.3. The number of rotatable bonds is 7. The Bertz CT molecular complexity index is 732. The molecule has 0 radical (unpaired) electrons. The number of carbonyl (C=O) groups excluding carboxylic acids is 1. The number of hydrogen-bond acceptors (Lipinski definition) is 3. The molecule has 0 bridgehead atoms. The quantitative estimate of drug-likeness (QED) is 0.478. The van der Waals surface area contributed by atoms with Crippen LogP contribution in [0.25, 0.3) is 0 Å². The van der Waals surface area contributed by atoms with Crippen LogP contribution < -0.4 is 0 Å². The van der Waals surface area contributed by atoms with Crippen LogP contribution in [0.15, 0.2) is 63.8 Å². The number of aryl methyl sites for hydroxylation is 1. The predicted molar refractivity (Wildman–Crippen MR) is 105 cm³/mol. The lowest BCUT2D eigenvalue weighted by atomic mass is 10.1. The number of halogens is 1. The maximum atomic E-state index is 12.8. The number of nitrogens with zero attached hydrogens (tertiary/aromatic N) is 1. The van der Waals surface area contributed by atoms with Gasteiger partial charge in [0.25, 0.3) is 0 Å². The average Bonchev–Trinajstić information content (AvgIpc) is 3.26. The van der Waals surface area contributed by atoms with Gasteiger partial charge in [-0.25, -0.2) is 0 Å². The Morgan fingerprint density at radius 2 is 1.62 bits per heavy atom. The molecular weight excluding hydrogens is 402 g/mol. The first-order valence-electron chi connectivity index (χ1n) is 7.78. The fourth-order valence-corrected chi connectivity index (χ4v) is 4.40. The second-order valence-electron chi connectivity index (χ2n) is 5.54. The molecule has 3 aromatic rings. The molecule has 2 nitrogen and oxygen atoms in total. The van der Waals surface area contributed by atoms with Gasteiger partial charge in [0, 0.05) is 20.6 Å². The molecule has 24 heavy (non-hydrogen) atoms. The average molecular weight is 420 g/mol. The number of thiophene rings is 2. The van der Waals surface area contributed by atoms with E-state index in [1.165, 1.54) is 15.3 Å². The minimum absolute atomic E-state index is 0.205. The maximum Gasteiger partial charge on any atom is 0.223 e. The molecule has 0 saturated heterocycles. The van der Waals surface area contributed by atoms with Crippen molar-refractivity contribution in [2.75, 3.05) is 0 Å². The SMILES string of the molecule is O=C(CCc1cccc(Br)c1)N(Cc1cccs1)Cc1cccs1. The lowest BCUT2D eigenvalue weighted by Gasteiger charge is -2.21. The van der Waals surface area contributed by atoms with Crippen molar-refractivity contribution in [2.45, 2.75) is 25.9 Å². The lowest BCUT2D eigenvalue weighted by molar-refractivity contribution is -0.132. The van der Waals surface area contributed by atoms with Gasteiger partial charge in [-0.2, -0.15) is 0 Å². The van der Waals surface area contributed by atoms with Crippen LogP contribution in [0.3, 0.4) is 0 Å². The first-order chi connectivity index (χ1) is 11.7. The summed E-state index contributed by atoms with van der Waals surface area (Å²) in [5, 5.41) is 4.12. The lowest BCUT2D eigenvalue weighted by Crippen LogP contribution is -2.29. The molecule has 124 valence electrons. The van der Waals surface area contributed by atoms with E-state index >= 15 is 0 Å². The van der Waals surface area contributed by atoms with Gasteiger partial charge in [-0.3, -0.25) is 4.79 Å². The van der Waals surface area contributed by atoms with Gasteiger partial charge in [0.15, 0.2) is 0 Å². The predicted octanol–water partition coefficient (Wildman–Crippen LogP) is 5.73. The number of benzene rings is 1. The smallest absolute Gasteiger partial charge is 0.223 e. The fraction of sp³-hybridized carbons (Fsp3) is 0.211. The molecule has 0 fully saturated rings. The van der Waals surface area contributed by atoms with Gasteiger partial charge in [0.1, 0.15) is 0 Å². The minimum atomic E-state index is 0.205. The van der Waals surface area contributed by atoms with E-state index in [2.05, 4.69) is 51.0 Å². The third-order valence-corrected chi connectivity index (χ3v) is 5.94. The molecule has 1 amide bonds. The zero-order valence-electron chi connectivity index (χ0n) is 13.2. The summed E-state index contributed by atoms with van der Waals surface area (Å²) in [7, 11) is 0. The third-order valence-electron chi connectivity index (χ3n) is 3.72. The topological polar surface area (TPSA) is 20.3 Å². The zero-order valence-corrected chi connectivity index (χ0v) is 16.4. The third kappa shape index (κ3) is 5.03. The van der Waals surface area contributed by atoms with Crippen LogP contribution in [0.1, 0.15) is 21.7 Å².